The average Bonchev–Trinajstić information content (AvgIpc) is 2.15. The van der Waals surface area contributed by atoms with Crippen molar-refractivity contribution in [2.24, 2.45) is 11.8 Å². The Labute approximate surface area is 87.7 Å². The molecule has 0 fully saturated rings. The Kier molecular flexibility index (Phi) is 3.94. The van der Waals surface area contributed by atoms with Gasteiger partial charge in [0.05, 0.1) is 0 Å². The summed E-state index contributed by atoms with van der Waals surface area (Å²) in [7, 11) is 0. The van der Waals surface area contributed by atoms with Crippen LogP contribution in [0.25, 0.3) is 6.08 Å². The molecular weight excluding hydrogens is 168 g/mol. The van der Waals surface area contributed by atoms with Crippen LogP contribution in [0.15, 0.2) is 35.9 Å². The van der Waals surface area contributed by atoms with Gasteiger partial charge in [0.15, 0.2) is 0 Å². The first-order valence-corrected chi connectivity index (χ1v) is 5.37. The van der Waals surface area contributed by atoms with Gasteiger partial charge in [0.2, 0.25) is 0 Å². The highest BCUT2D eigenvalue weighted by atomic mass is 14.1. The topological polar surface area (TPSA) is 0 Å². The molecule has 0 nitrogen and oxygen atoms in total. The molecule has 0 heterocycles. The van der Waals surface area contributed by atoms with Gasteiger partial charge in [0, 0.05) is 0 Å². The number of hydrogen-bond acceptors (Lipinski definition) is 0. The molecule has 1 aromatic carbocycles. The molecule has 1 rings (SSSR count). The highest BCUT2D eigenvalue weighted by Gasteiger charge is 2.07. The molecule has 76 valence electrons. The average molecular weight is 188 g/mol. The largest absolute Gasteiger partial charge is 0.0645 e. The van der Waals surface area contributed by atoms with E-state index in [1.165, 1.54) is 11.1 Å². The van der Waals surface area contributed by atoms with Gasteiger partial charge in [-0.3, -0.25) is 0 Å². The molecule has 0 bridgehead atoms. The van der Waals surface area contributed by atoms with Crippen molar-refractivity contribution in [3.8, 4) is 0 Å². The summed E-state index contributed by atoms with van der Waals surface area (Å²) < 4.78 is 0. The lowest BCUT2D eigenvalue weighted by molar-refractivity contribution is 0.632. The SMILES string of the molecule is CC(C)C(=Cc1ccccc1)C(C)C. The molecule has 0 saturated heterocycles. The minimum Gasteiger partial charge on any atom is -0.0645 e. The van der Waals surface area contributed by atoms with Crippen molar-refractivity contribution in [3.05, 3.63) is 41.5 Å². The molecule has 0 radical (unpaired) electrons. The van der Waals surface area contributed by atoms with Gasteiger partial charge in [0.1, 0.15) is 0 Å². The van der Waals surface area contributed by atoms with Crippen LogP contribution < -0.4 is 0 Å². The molecule has 0 saturated carbocycles. The highest BCUT2D eigenvalue weighted by Crippen LogP contribution is 2.22. The maximum Gasteiger partial charge on any atom is -0.0254 e. The fraction of sp³-hybridized carbons (Fsp3) is 0.429. The van der Waals surface area contributed by atoms with Crippen molar-refractivity contribution >= 4 is 6.08 Å². The fourth-order valence-corrected chi connectivity index (χ4v) is 1.74. The van der Waals surface area contributed by atoms with E-state index in [-0.39, 0.29) is 0 Å². The summed E-state index contributed by atoms with van der Waals surface area (Å²) in [6.07, 6.45) is 2.31. The third-order valence-electron chi connectivity index (χ3n) is 2.47. The van der Waals surface area contributed by atoms with Crippen molar-refractivity contribution in [1.29, 1.82) is 0 Å². The van der Waals surface area contributed by atoms with Crippen LogP contribution in [0.2, 0.25) is 0 Å². The van der Waals surface area contributed by atoms with Gasteiger partial charge in [0.25, 0.3) is 0 Å². The van der Waals surface area contributed by atoms with Crippen LogP contribution in [-0.4, -0.2) is 0 Å². The van der Waals surface area contributed by atoms with Gasteiger partial charge in [-0.25, -0.2) is 0 Å². The molecule has 0 heteroatoms. The summed E-state index contributed by atoms with van der Waals surface area (Å²) >= 11 is 0. The zero-order valence-corrected chi connectivity index (χ0v) is 9.62. The van der Waals surface area contributed by atoms with E-state index in [0.717, 1.165) is 0 Å². The standard InChI is InChI=1S/C14H20/c1-11(2)14(12(3)4)10-13-8-6-5-7-9-13/h5-12H,1-4H3. The molecule has 0 aromatic heterocycles. The molecule has 0 aliphatic carbocycles. The quantitative estimate of drug-likeness (QED) is 0.660. The predicted octanol–water partition coefficient (Wildman–Crippen LogP) is 4.38. The number of allylic oxidation sites excluding steroid dienone is 1. The van der Waals surface area contributed by atoms with Gasteiger partial charge in [-0.2, -0.15) is 0 Å². The molecule has 0 spiro atoms. The van der Waals surface area contributed by atoms with Crippen LogP contribution in [0.4, 0.5) is 0 Å². The Morgan fingerprint density at radius 2 is 1.43 bits per heavy atom. The molecule has 0 amide bonds. The summed E-state index contributed by atoms with van der Waals surface area (Å²) in [6, 6.07) is 10.5. The van der Waals surface area contributed by atoms with E-state index < -0.39 is 0 Å². The van der Waals surface area contributed by atoms with E-state index in [0.29, 0.717) is 11.8 Å². The Morgan fingerprint density at radius 1 is 0.929 bits per heavy atom. The Balaban J connectivity index is 2.94. The van der Waals surface area contributed by atoms with Crippen LogP contribution in [0.5, 0.6) is 0 Å². The van der Waals surface area contributed by atoms with E-state index in [9.17, 15) is 0 Å². The Hall–Kier alpha value is -1.04. The maximum atomic E-state index is 2.31. The van der Waals surface area contributed by atoms with Gasteiger partial charge in [-0.05, 0) is 17.4 Å². The molecule has 1 aromatic rings. The van der Waals surface area contributed by atoms with E-state index in [2.05, 4.69) is 64.1 Å². The summed E-state index contributed by atoms with van der Waals surface area (Å²) in [5, 5.41) is 0. The highest BCUT2D eigenvalue weighted by molar-refractivity contribution is 5.53. The molecule has 0 unspecified atom stereocenters. The first-order valence-electron chi connectivity index (χ1n) is 5.37. The van der Waals surface area contributed by atoms with Gasteiger partial charge >= 0.3 is 0 Å². The third-order valence-corrected chi connectivity index (χ3v) is 2.47. The van der Waals surface area contributed by atoms with Crippen molar-refractivity contribution in [3.63, 3.8) is 0 Å². The van der Waals surface area contributed by atoms with Crippen molar-refractivity contribution in [2.75, 3.05) is 0 Å². The number of hydrogen-bond donors (Lipinski definition) is 0. The minimum atomic E-state index is 0.634. The molecule has 0 aliphatic rings. The predicted molar refractivity (Wildman–Crippen MR) is 64.1 cm³/mol. The molecule has 0 atom stereocenters. The van der Waals surface area contributed by atoms with Crippen LogP contribution in [0.1, 0.15) is 33.3 Å². The fourth-order valence-electron chi connectivity index (χ4n) is 1.74. The lowest BCUT2D eigenvalue weighted by Gasteiger charge is -2.15. The summed E-state index contributed by atoms with van der Waals surface area (Å²) in [5.41, 5.74) is 2.83. The molecule has 0 N–H and O–H groups in total. The number of rotatable bonds is 3. The summed E-state index contributed by atoms with van der Waals surface area (Å²) in [6.45, 7) is 9.03. The van der Waals surface area contributed by atoms with Crippen molar-refractivity contribution < 1.29 is 0 Å². The van der Waals surface area contributed by atoms with Crippen LogP contribution in [-0.2, 0) is 0 Å². The Bertz CT molecular complexity index is 281. The van der Waals surface area contributed by atoms with E-state index in [1.807, 2.05) is 0 Å². The van der Waals surface area contributed by atoms with Crippen molar-refractivity contribution in [2.45, 2.75) is 27.7 Å². The minimum absolute atomic E-state index is 0.634. The lowest BCUT2D eigenvalue weighted by atomic mass is 9.91. The lowest BCUT2D eigenvalue weighted by Crippen LogP contribution is -2.01. The second-order valence-corrected chi connectivity index (χ2v) is 4.36. The van der Waals surface area contributed by atoms with E-state index in [1.54, 1.807) is 0 Å². The zero-order chi connectivity index (χ0) is 10.6. The smallest absolute Gasteiger partial charge is 0.0254 e. The molecular formula is C14H20. The van der Waals surface area contributed by atoms with Gasteiger partial charge < -0.3 is 0 Å². The van der Waals surface area contributed by atoms with E-state index in [4.69, 9.17) is 0 Å². The first-order chi connectivity index (χ1) is 6.61. The number of benzene rings is 1. The second kappa shape index (κ2) is 4.99. The van der Waals surface area contributed by atoms with Crippen LogP contribution in [0.3, 0.4) is 0 Å². The third kappa shape index (κ3) is 3.02. The van der Waals surface area contributed by atoms with Crippen molar-refractivity contribution in [1.82, 2.24) is 0 Å². The second-order valence-electron chi connectivity index (χ2n) is 4.36. The monoisotopic (exact) mass is 188 g/mol. The van der Waals surface area contributed by atoms with E-state index >= 15 is 0 Å². The zero-order valence-electron chi connectivity index (χ0n) is 9.62. The van der Waals surface area contributed by atoms with Crippen LogP contribution >= 0.6 is 0 Å². The summed E-state index contributed by atoms with van der Waals surface area (Å²) in [4.78, 5) is 0. The van der Waals surface area contributed by atoms with Gasteiger partial charge in [-0.15, -0.1) is 0 Å². The maximum absolute atomic E-state index is 2.31. The van der Waals surface area contributed by atoms with Gasteiger partial charge in [-0.1, -0.05) is 69.7 Å². The Morgan fingerprint density at radius 3 is 1.86 bits per heavy atom. The normalized spacial score (nSPS) is 10.7. The van der Waals surface area contributed by atoms with Crippen LogP contribution in [0, 0.1) is 11.8 Å². The first kappa shape index (κ1) is 11.0. The summed E-state index contributed by atoms with van der Waals surface area (Å²) in [5.74, 6) is 1.27. The molecule has 14 heavy (non-hydrogen) atoms. The molecule has 0 aliphatic heterocycles.